The first-order chi connectivity index (χ1) is 10.8. The van der Waals surface area contributed by atoms with Gasteiger partial charge in [-0.05, 0) is 29.8 Å². The van der Waals surface area contributed by atoms with E-state index in [1.807, 2.05) is 42.5 Å². The molecule has 0 saturated carbocycles. The fourth-order valence-electron chi connectivity index (χ4n) is 2.11. The minimum Gasteiger partial charge on any atom is -0.487 e. The Morgan fingerprint density at radius 1 is 1.18 bits per heavy atom. The first kappa shape index (κ1) is 14.1. The lowest BCUT2D eigenvalue weighted by atomic mass is 10.1. The van der Waals surface area contributed by atoms with Crippen molar-refractivity contribution in [2.24, 2.45) is 0 Å². The van der Waals surface area contributed by atoms with Gasteiger partial charge in [0.2, 0.25) is 0 Å². The maximum atomic E-state index is 11.2. The fraction of sp³-hybridized carbons (Fsp3) is 0.188. The second-order valence-corrected chi connectivity index (χ2v) is 4.73. The molecule has 0 aliphatic carbocycles. The summed E-state index contributed by atoms with van der Waals surface area (Å²) in [7, 11) is 1.38. The Morgan fingerprint density at radius 2 is 2.00 bits per heavy atom. The van der Waals surface area contributed by atoms with Gasteiger partial charge in [-0.25, -0.2) is 9.50 Å². The van der Waals surface area contributed by atoms with E-state index >= 15 is 0 Å². The van der Waals surface area contributed by atoms with E-state index in [0.29, 0.717) is 6.61 Å². The summed E-state index contributed by atoms with van der Waals surface area (Å²) in [5, 5.41) is 4.16. The summed E-state index contributed by atoms with van der Waals surface area (Å²) in [5.74, 6) is 0.470. The van der Waals surface area contributed by atoms with Gasteiger partial charge in [0.15, 0.2) is 5.65 Å². The molecule has 6 heteroatoms. The van der Waals surface area contributed by atoms with Crippen molar-refractivity contribution in [2.75, 3.05) is 7.11 Å². The van der Waals surface area contributed by atoms with Gasteiger partial charge in [-0.15, -0.1) is 0 Å². The lowest BCUT2D eigenvalue weighted by Gasteiger charge is -2.08. The van der Waals surface area contributed by atoms with Gasteiger partial charge in [-0.3, -0.25) is 4.79 Å². The van der Waals surface area contributed by atoms with E-state index in [1.54, 1.807) is 4.52 Å². The minimum atomic E-state index is -0.258. The Bertz CT molecular complexity index is 781. The molecule has 0 saturated heterocycles. The van der Waals surface area contributed by atoms with Crippen LogP contribution in [0.1, 0.15) is 11.3 Å². The minimum absolute atomic E-state index is 0.258. The fourth-order valence-corrected chi connectivity index (χ4v) is 2.11. The molecule has 0 unspecified atom stereocenters. The lowest BCUT2D eigenvalue weighted by Crippen LogP contribution is -2.05. The first-order valence-electron chi connectivity index (χ1n) is 6.82. The number of carbonyl (C=O) groups excluding carboxylic acids is 1. The van der Waals surface area contributed by atoms with Gasteiger partial charge in [0, 0.05) is 0 Å². The number of hydrogen-bond acceptors (Lipinski definition) is 5. The topological polar surface area (TPSA) is 65.7 Å². The molecular formula is C16H15N3O3. The zero-order valence-corrected chi connectivity index (χ0v) is 12.1. The maximum Gasteiger partial charge on any atom is 0.309 e. The summed E-state index contributed by atoms with van der Waals surface area (Å²) in [4.78, 5) is 15.3. The van der Waals surface area contributed by atoms with Crippen molar-refractivity contribution in [1.29, 1.82) is 0 Å². The van der Waals surface area contributed by atoms with Gasteiger partial charge in [-0.2, -0.15) is 5.10 Å². The Balaban J connectivity index is 1.66. The number of esters is 1. The second kappa shape index (κ2) is 6.26. The Labute approximate surface area is 127 Å². The standard InChI is InChI=1S/C16H15N3O3/c1-21-16(20)9-12-5-7-14(8-6-12)22-10-13-3-2-4-15-17-11-18-19(13)15/h2-8,11H,9-10H2,1H3. The average molecular weight is 297 g/mol. The van der Waals surface area contributed by atoms with Crippen LogP contribution in [-0.2, 0) is 22.6 Å². The molecule has 0 fully saturated rings. The molecule has 0 atom stereocenters. The van der Waals surface area contributed by atoms with Crippen LogP contribution in [0.15, 0.2) is 48.8 Å². The highest BCUT2D eigenvalue weighted by Crippen LogP contribution is 2.15. The van der Waals surface area contributed by atoms with E-state index in [0.717, 1.165) is 22.7 Å². The first-order valence-corrected chi connectivity index (χ1v) is 6.82. The van der Waals surface area contributed by atoms with Crippen LogP contribution in [-0.4, -0.2) is 27.7 Å². The molecule has 0 bridgehead atoms. The third-order valence-corrected chi connectivity index (χ3v) is 3.27. The van der Waals surface area contributed by atoms with E-state index in [1.165, 1.54) is 13.4 Å². The van der Waals surface area contributed by atoms with Crippen molar-refractivity contribution in [3.63, 3.8) is 0 Å². The molecule has 0 amide bonds. The average Bonchev–Trinajstić information content (AvgIpc) is 3.03. The third-order valence-electron chi connectivity index (χ3n) is 3.27. The molecule has 112 valence electrons. The van der Waals surface area contributed by atoms with Crippen LogP contribution in [0.4, 0.5) is 0 Å². The molecular weight excluding hydrogens is 282 g/mol. The van der Waals surface area contributed by atoms with Crippen molar-refractivity contribution >= 4 is 11.6 Å². The summed E-state index contributed by atoms with van der Waals surface area (Å²) in [5.41, 5.74) is 2.58. The zero-order valence-electron chi connectivity index (χ0n) is 12.1. The quantitative estimate of drug-likeness (QED) is 0.674. The van der Waals surface area contributed by atoms with Crippen LogP contribution < -0.4 is 4.74 Å². The highest BCUT2D eigenvalue weighted by molar-refractivity contribution is 5.72. The predicted octanol–water partition coefficient (Wildman–Crippen LogP) is 2.02. The van der Waals surface area contributed by atoms with Gasteiger partial charge in [0.25, 0.3) is 0 Å². The van der Waals surface area contributed by atoms with E-state index < -0.39 is 0 Å². The van der Waals surface area contributed by atoms with E-state index in [4.69, 9.17) is 4.74 Å². The maximum absolute atomic E-state index is 11.2. The molecule has 2 aromatic heterocycles. The normalized spacial score (nSPS) is 10.6. The van der Waals surface area contributed by atoms with Gasteiger partial charge >= 0.3 is 5.97 Å². The van der Waals surface area contributed by atoms with Crippen LogP contribution in [0.2, 0.25) is 0 Å². The molecule has 0 aliphatic heterocycles. The zero-order chi connectivity index (χ0) is 15.4. The SMILES string of the molecule is COC(=O)Cc1ccc(OCc2cccc3ncnn23)cc1. The van der Waals surface area contributed by atoms with E-state index in [2.05, 4.69) is 14.8 Å². The highest BCUT2D eigenvalue weighted by atomic mass is 16.5. The van der Waals surface area contributed by atoms with Crippen LogP contribution in [0.25, 0.3) is 5.65 Å². The van der Waals surface area contributed by atoms with E-state index in [9.17, 15) is 4.79 Å². The van der Waals surface area contributed by atoms with Crippen molar-refractivity contribution in [3.8, 4) is 5.75 Å². The number of pyridine rings is 1. The van der Waals surface area contributed by atoms with Crippen LogP contribution >= 0.6 is 0 Å². The van der Waals surface area contributed by atoms with Crippen molar-refractivity contribution < 1.29 is 14.3 Å². The Hall–Kier alpha value is -2.89. The lowest BCUT2D eigenvalue weighted by molar-refractivity contribution is -0.139. The van der Waals surface area contributed by atoms with Crippen molar-refractivity contribution in [2.45, 2.75) is 13.0 Å². The van der Waals surface area contributed by atoms with E-state index in [-0.39, 0.29) is 12.4 Å². The van der Waals surface area contributed by atoms with Gasteiger partial charge in [0.1, 0.15) is 18.7 Å². The number of nitrogens with zero attached hydrogens (tertiary/aromatic N) is 3. The smallest absolute Gasteiger partial charge is 0.309 e. The van der Waals surface area contributed by atoms with Crippen molar-refractivity contribution in [3.05, 3.63) is 60.0 Å². The molecule has 0 N–H and O–H groups in total. The van der Waals surface area contributed by atoms with Gasteiger partial charge < -0.3 is 9.47 Å². The number of carbonyl (C=O) groups is 1. The number of aromatic nitrogens is 3. The molecule has 0 radical (unpaired) electrons. The molecule has 6 nitrogen and oxygen atoms in total. The second-order valence-electron chi connectivity index (χ2n) is 4.73. The highest BCUT2D eigenvalue weighted by Gasteiger charge is 2.05. The Kier molecular flexibility index (Phi) is 4.00. The number of ether oxygens (including phenoxy) is 2. The summed E-state index contributed by atoms with van der Waals surface area (Å²) >= 11 is 0. The van der Waals surface area contributed by atoms with Crippen molar-refractivity contribution in [1.82, 2.24) is 14.6 Å². The summed E-state index contributed by atoms with van der Waals surface area (Å²) in [6.45, 7) is 0.386. The molecule has 3 aromatic rings. The number of hydrogen-bond donors (Lipinski definition) is 0. The number of fused-ring (bicyclic) bond motifs is 1. The van der Waals surface area contributed by atoms with Gasteiger partial charge in [-0.1, -0.05) is 18.2 Å². The van der Waals surface area contributed by atoms with Gasteiger partial charge in [0.05, 0.1) is 19.2 Å². The summed E-state index contributed by atoms with van der Waals surface area (Å²) in [6.07, 6.45) is 1.77. The van der Waals surface area contributed by atoms with Crippen LogP contribution in [0, 0.1) is 0 Å². The van der Waals surface area contributed by atoms with Crippen LogP contribution in [0.3, 0.4) is 0 Å². The number of methoxy groups -OCH3 is 1. The molecule has 2 heterocycles. The molecule has 22 heavy (non-hydrogen) atoms. The predicted molar refractivity (Wildman–Crippen MR) is 79.5 cm³/mol. The Morgan fingerprint density at radius 3 is 2.77 bits per heavy atom. The molecule has 1 aromatic carbocycles. The molecule has 0 spiro atoms. The largest absolute Gasteiger partial charge is 0.487 e. The summed E-state index contributed by atoms with van der Waals surface area (Å²) < 4.78 is 12.1. The molecule has 3 rings (SSSR count). The van der Waals surface area contributed by atoms with Crippen LogP contribution in [0.5, 0.6) is 5.75 Å². The molecule has 0 aliphatic rings. The summed E-state index contributed by atoms with van der Waals surface area (Å²) in [6, 6.07) is 13.1. The number of rotatable bonds is 5. The third kappa shape index (κ3) is 3.06. The monoisotopic (exact) mass is 297 g/mol. The number of benzene rings is 1.